The van der Waals surface area contributed by atoms with Gasteiger partial charge in [-0.25, -0.2) is 0 Å². The Kier molecular flexibility index (Phi) is 5.02. The Morgan fingerprint density at radius 2 is 2.00 bits per heavy atom. The lowest BCUT2D eigenvalue weighted by Crippen LogP contribution is -2.14. The maximum absolute atomic E-state index is 3.43. The van der Waals surface area contributed by atoms with Crippen molar-refractivity contribution in [3.8, 4) is 0 Å². The maximum Gasteiger partial charge on any atom is 0.0205 e. The number of hydrogen-bond acceptors (Lipinski definition) is 1. The fourth-order valence-corrected chi connectivity index (χ4v) is 1.26. The lowest BCUT2D eigenvalue weighted by molar-refractivity contribution is 0.684. The quantitative estimate of drug-likeness (QED) is 0.554. The van der Waals surface area contributed by atoms with Gasteiger partial charge in [-0.1, -0.05) is 42.0 Å². The van der Waals surface area contributed by atoms with E-state index in [-0.39, 0.29) is 0 Å². The SMILES string of the molecule is CC=C(C)CCNCc1ccccc1. The van der Waals surface area contributed by atoms with Crippen molar-refractivity contribution in [3.63, 3.8) is 0 Å². The van der Waals surface area contributed by atoms with Gasteiger partial charge in [0, 0.05) is 6.54 Å². The molecule has 1 N–H and O–H groups in total. The molecule has 0 aliphatic carbocycles. The van der Waals surface area contributed by atoms with Crippen molar-refractivity contribution in [2.24, 2.45) is 0 Å². The van der Waals surface area contributed by atoms with E-state index in [0.29, 0.717) is 0 Å². The zero-order chi connectivity index (χ0) is 10.2. The van der Waals surface area contributed by atoms with Crippen LogP contribution in [0.4, 0.5) is 0 Å². The second-order valence-electron chi connectivity index (χ2n) is 3.55. The second-order valence-corrected chi connectivity index (χ2v) is 3.55. The molecule has 0 spiro atoms. The smallest absolute Gasteiger partial charge is 0.0205 e. The van der Waals surface area contributed by atoms with Gasteiger partial charge in [-0.05, 0) is 32.4 Å². The summed E-state index contributed by atoms with van der Waals surface area (Å²) in [6.45, 7) is 6.29. The van der Waals surface area contributed by atoms with E-state index in [0.717, 1.165) is 19.5 Å². The fourth-order valence-electron chi connectivity index (χ4n) is 1.26. The molecule has 0 atom stereocenters. The highest BCUT2D eigenvalue weighted by atomic mass is 14.8. The summed E-state index contributed by atoms with van der Waals surface area (Å²) in [6.07, 6.45) is 3.31. The normalized spacial score (nSPS) is 11.7. The molecule has 1 rings (SSSR count). The van der Waals surface area contributed by atoms with E-state index in [1.54, 1.807) is 0 Å². The summed E-state index contributed by atoms with van der Waals surface area (Å²) in [6, 6.07) is 10.5. The summed E-state index contributed by atoms with van der Waals surface area (Å²) in [5.74, 6) is 0. The Morgan fingerprint density at radius 1 is 1.29 bits per heavy atom. The maximum atomic E-state index is 3.43. The molecule has 14 heavy (non-hydrogen) atoms. The van der Waals surface area contributed by atoms with Crippen LogP contribution in [0.1, 0.15) is 25.8 Å². The first-order valence-electron chi connectivity index (χ1n) is 5.19. The minimum absolute atomic E-state index is 0.970. The van der Waals surface area contributed by atoms with Gasteiger partial charge >= 0.3 is 0 Å². The van der Waals surface area contributed by atoms with Gasteiger partial charge in [-0.3, -0.25) is 0 Å². The molecule has 76 valence electrons. The molecule has 0 radical (unpaired) electrons. The van der Waals surface area contributed by atoms with Crippen LogP contribution in [0.2, 0.25) is 0 Å². The van der Waals surface area contributed by atoms with Crippen LogP contribution >= 0.6 is 0 Å². The molecule has 0 aromatic heterocycles. The Balaban J connectivity index is 2.17. The predicted octanol–water partition coefficient (Wildman–Crippen LogP) is 3.13. The van der Waals surface area contributed by atoms with E-state index >= 15 is 0 Å². The second kappa shape index (κ2) is 6.39. The van der Waals surface area contributed by atoms with Gasteiger partial charge < -0.3 is 5.32 Å². The van der Waals surface area contributed by atoms with Crippen molar-refractivity contribution < 1.29 is 0 Å². The minimum Gasteiger partial charge on any atom is -0.312 e. The highest BCUT2D eigenvalue weighted by Crippen LogP contribution is 1.99. The van der Waals surface area contributed by atoms with E-state index in [1.165, 1.54) is 11.1 Å². The standard InChI is InChI=1S/C13H19N/c1-3-12(2)9-10-14-11-13-7-5-4-6-8-13/h3-8,14H,9-11H2,1-2H3. The van der Waals surface area contributed by atoms with Crippen LogP contribution in [0.25, 0.3) is 0 Å². The monoisotopic (exact) mass is 189 g/mol. The van der Waals surface area contributed by atoms with Crippen molar-refractivity contribution in [1.82, 2.24) is 5.32 Å². The number of allylic oxidation sites excluding steroid dienone is 1. The van der Waals surface area contributed by atoms with Gasteiger partial charge in [0.05, 0.1) is 0 Å². The average Bonchev–Trinajstić information content (AvgIpc) is 2.25. The zero-order valence-corrected chi connectivity index (χ0v) is 9.09. The Bertz CT molecular complexity index is 275. The van der Waals surface area contributed by atoms with Gasteiger partial charge in [0.1, 0.15) is 0 Å². The third-order valence-corrected chi connectivity index (χ3v) is 2.36. The number of nitrogens with one attached hydrogen (secondary N) is 1. The van der Waals surface area contributed by atoms with Gasteiger partial charge in [-0.2, -0.15) is 0 Å². The summed E-state index contributed by atoms with van der Waals surface area (Å²) >= 11 is 0. The topological polar surface area (TPSA) is 12.0 Å². The van der Waals surface area contributed by atoms with Crippen molar-refractivity contribution in [2.45, 2.75) is 26.8 Å². The van der Waals surface area contributed by atoms with Crippen molar-refractivity contribution >= 4 is 0 Å². The predicted molar refractivity (Wildman–Crippen MR) is 62.2 cm³/mol. The van der Waals surface area contributed by atoms with E-state index in [1.807, 2.05) is 6.07 Å². The number of hydrogen-bond donors (Lipinski definition) is 1. The number of benzene rings is 1. The molecular weight excluding hydrogens is 170 g/mol. The average molecular weight is 189 g/mol. The zero-order valence-electron chi connectivity index (χ0n) is 9.09. The minimum atomic E-state index is 0.970. The molecule has 0 aliphatic heterocycles. The van der Waals surface area contributed by atoms with Crippen LogP contribution in [0.15, 0.2) is 42.0 Å². The van der Waals surface area contributed by atoms with Gasteiger partial charge in [0.25, 0.3) is 0 Å². The van der Waals surface area contributed by atoms with E-state index in [9.17, 15) is 0 Å². The Labute approximate surface area is 86.8 Å². The van der Waals surface area contributed by atoms with Crippen LogP contribution < -0.4 is 5.32 Å². The molecule has 0 saturated heterocycles. The van der Waals surface area contributed by atoms with Gasteiger partial charge in [-0.15, -0.1) is 0 Å². The summed E-state index contributed by atoms with van der Waals surface area (Å²) < 4.78 is 0. The number of rotatable bonds is 5. The molecular formula is C13H19N. The van der Waals surface area contributed by atoms with Crippen molar-refractivity contribution in [3.05, 3.63) is 47.5 Å². The van der Waals surface area contributed by atoms with Crippen LogP contribution in [-0.2, 0) is 6.54 Å². The highest BCUT2D eigenvalue weighted by Gasteiger charge is 1.91. The Hall–Kier alpha value is -1.08. The third-order valence-electron chi connectivity index (χ3n) is 2.36. The van der Waals surface area contributed by atoms with Gasteiger partial charge in [0.2, 0.25) is 0 Å². The van der Waals surface area contributed by atoms with Crippen LogP contribution in [0, 0.1) is 0 Å². The van der Waals surface area contributed by atoms with Crippen molar-refractivity contribution in [1.29, 1.82) is 0 Å². The molecule has 1 heteroatoms. The largest absolute Gasteiger partial charge is 0.312 e. The van der Waals surface area contributed by atoms with Crippen LogP contribution in [0.5, 0.6) is 0 Å². The molecule has 0 unspecified atom stereocenters. The lowest BCUT2D eigenvalue weighted by Gasteiger charge is -2.04. The fraction of sp³-hybridized carbons (Fsp3) is 0.385. The van der Waals surface area contributed by atoms with Crippen LogP contribution in [0.3, 0.4) is 0 Å². The lowest BCUT2D eigenvalue weighted by atomic mass is 10.2. The van der Waals surface area contributed by atoms with Crippen LogP contribution in [-0.4, -0.2) is 6.54 Å². The third kappa shape index (κ3) is 4.24. The van der Waals surface area contributed by atoms with E-state index < -0.39 is 0 Å². The summed E-state index contributed by atoms with van der Waals surface area (Å²) in [5, 5.41) is 3.43. The molecule has 0 fully saturated rings. The van der Waals surface area contributed by atoms with E-state index in [4.69, 9.17) is 0 Å². The highest BCUT2D eigenvalue weighted by molar-refractivity contribution is 5.14. The van der Waals surface area contributed by atoms with E-state index in [2.05, 4.69) is 49.5 Å². The first-order valence-corrected chi connectivity index (χ1v) is 5.19. The molecule has 0 amide bonds. The van der Waals surface area contributed by atoms with Crippen molar-refractivity contribution in [2.75, 3.05) is 6.54 Å². The first kappa shape index (κ1) is 11.0. The molecule has 0 bridgehead atoms. The molecule has 0 saturated carbocycles. The van der Waals surface area contributed by atoms with Gasteiger partial charge in [0.15, 0.2) is 0 Å². The Morgan fingerprint density at radius 3 is 2.64 bits per heavy atom. The summed E-state index contributed by atoms with van der Waals surface area (Å²) in [5.41, 5.74) is 2.80. The molecule has 1 nitrogen and oxygen atoms in total. The summed E-state index contributed by atoms with van der Waals surface area (Å²) in [4.78, 5) is 0. The molecule has 1 aromatic rings. The first-order chi connectivity index (χ1) is 6.83. The molecule has 0 heterocycles. The molecule has 0 aliphatic rings. The molecule has 1 aromatic carbocycles. The summed E-state index contributed by atoms with van der Waals surface area (Å²) in [7, 11) is 0.